The molecule has 100 valence electrons. The number of carbonyl (C=O) groups excluding carboxylic acids is 1. The van der Waals surface area contributed by atoms with Crippen molar-refractivity contribution in [2.45, 2.75) is 19.4 Å². The second-order valence-corrected chi connectivity index (χ2v) is 5.02. The quantitative estimate of drug-likeness (QED) is 0.830. The van der Waals surface area contributed by atoms with Crippen molar-refractivity contribution in [2.75, 3.05) is 19.7 Å². The molecular weight excluding hydrogens is 238 g/mol. The lowest BCUT2D eigenvalue weighted by Crippen LogP contribution is -2.36. The van der Waals surface area contributed by atoms with Gasteiger partial charge in [0.15, 0.2) is 5.78 Å². The summed E-state index contributed by atoms with van der Waals surface area (Å²) in [5.74, 6) is 2.64. The van der Waals surface area contributed by atoms with Crippen LogP contribution in [0.4, 0.5) is 0 Å². The number of benzene rings is 1. The number of hydrogen-bond acceptors (Lipinski definition) is 3. The largest absolute Gasteiger partial charge is 0.389 e. The first-order valence-electron chi connectivity index (χ1n) is 6.64. The topological polar surface area (TPSA) is 40.5 Å². The van der Waals surface area contributed by atoms with Gasteiger partial charge in [0.1, 0.15) is 6.61 Å². The zero-order valence-electron chi connectivity index (χ0n) is 11.0. The van der Waals surface area contributed by atoms with Crippen LogP contribution in [0.15, 0.2) is 24.3 Å². The Morgan fingerprint density at radius 2 is 1.95 bits per heavy atom. The SMILES string of the molecule is C#Cc1ccc(CN2CCC(C(=O)CO)CC2)cc1. The summed E-state index contributed by atoms with van der Waals surface area (Å²) < 4.78 is 0. The van der Waals surface area contributed by atoms with Gasteiger partial charge in [-0.1, -0.05) is 18.1 Å². The fourth-order valence-electron chi connectivity index (χ4n) is 2.51. The smallest absolute Gasteiger partial charge is 0.161 e. The van der Waals surface area contributed by atoms with Gasteiger partial charge in [-0.25, -0.2) is 0 Å². The number of carbonyl (C=O) groups is 1. The average Bonchev–Trinajstić information content (AvgIpc) is 2.48. The van der Waals surface area contributed by atoms with Crippen LogP contribution in [0, 0.1) is 18.3 Å². The van der Waals surface area contributed by atoms with E-state index in [9.17, 15) is 4.79 Å². The molecule has 3 nitrogen and oxygen atoms in total. The van der Waals surface area contributed by atoms with Crippen LogP contribution in [0.1, 0.15) is 24.0 Å². The lowest BCUT2D eigenvalue weighted by atomic mass is 9.92. The number of Topliss-reactive ketones (excluding diaryl/α,β-unsaturated/α-hetero) is 1. The molecule has 0 amide bonds. The van der Waals surface area contributed by atoms with E-state index < -0.39 is 0 Å². The third-order valence-electron chi connectivity index (χ3n) is 3.73. The number of aliphatic hydroxyl groups excluding tert-OH is 1. The van der Waals surface area contributed by atoms with Crippen molar-refractivity contribution in [1.82, 2.24) is 4.90 Å². The molecule has 2 rings (SSSR count). The molecule has 1 heterocycles. The van der Waals surface area contributed by atoms with Crippen molar-refractivity contribution in [2.24, 2.45) is 5.92 Å². The molecule has 0 spiro atoms. The third-order valence-corrected chi connectivity index (χ3v) is 3.73. The number of ketones is 1. The van der Waals surface area contributed by atoms with Gasteiger partial charge in [-0.15, -0.1) is 6.42 Å². The Morgan fingerprint density at radius 1 is 1.32 bits per heavy atom. The molecule has 0 aliphatic carbocycles. The summed E-state index contributed by atoms with van der Waals surface area (Å²) in [6.07, 6.45) is 7.03. The first-order valence-corrected chi connectivity index (χ1v) is 6.64. The maximum absolute atomic E-state index is 11.4. The minimum atomic E-state index is -0.321. The summed E-state index contributed by atoms with van der Waals surface area (Å²) in [4.78, 5) is 13.8. The summed E-state index contributed by atoms with van der Waals surface area (Å²) >= 11 is 0. The van der Waals surface area contributed by atoms with Crippen LogP contribution >= 0.6 is 0 Å². The number of aliphatic hydroxyl groups is 1. The van der Waals surface area contributed by atoms with E-state index >= 15 is 0 Å². The minimum absolute atomic E-state index is 0.0157. The molecule has 1 aliphatic heterocycles. The Bertz CT molecular complexity index is 465. The van der Waals surface area contributed by atoms with E-state index in [2.05, 4.69) is 23.0 Å². The molecule has 1 aromatic rings. The second kappa shape index (κ2) is 6.51. The van der Waals surface area contributed by atoms with E-state index in [4.69, 9.17) is 11.5 Å². The van der Waals surface area contributed by atoms with Crippen LogP contribution in [0.25, 0.3) is 0 Å². The molecule has 0 unspecified atom stereocenters. The van der Waals surface area contributed by atoms with Gasteiger partial charge in [-0.3, -0.25) is 9.69 Å². The summed E-state index contributed by atoms with van der Waals surface area (Å²) in [5, 5.41) is 8.86. The molecule has 0 aromatic heterocycles. The van der Waals surface area contributed by atoms with E-state index in [0.717, 1.165) is 38.0 Å². The molecule has 0 bridgehead atoms. The second-order valence-electron chi connectivity index (χ2n) is 5.02. The number of rotatable bonds is 4. The zero-order valence-corrected chi connectivity index (χ0v) is 11.0. The van der Waals surface area contributed by atoms with Gasteiger partial charge in [0.2, 0.25) is 0 Å². The average molecular weight is 257 g/mol. The zero-order chi connectivity index (χ0) is 13.7. The van der Waals surface area contributed by atoms with Crippen LogP contribution in [-0.2, 0) is 11.3 Å². The van der Waals surface area contributed by atoms with E-state index in [1.807, 2.05) is 12.1 Å². The highest BCUT2D eigenvalue weighted by molar-refractivity contribution is 5.82. The van der Waals surface area contributed by atoms with Gasteiger partial charge in [-0.05, 0) is 43.6 Å². The Morgan fingerprint density at radius 3 is 2.47 bits per heavy atom. The van der Waals surface area contributed by atoms with Crippen molar-refractivity contribution < 1.29 is 9.90 Å². The van der Waals surface area contributed by atoms with Crippen molar-refractivity contribution in [3.8, 4) is 12.3 Å². The van der Waals surface area contributed by atoms with Crippen molar-refractivity contribution in [3.05, 3.63) is 35.4 Å². The number of likely N-dealkylation sites (tertiary alicyclic amines) is 1. The minimum Gasteiger partial charge on any atom is -0.389 e. The molecule has 19 heavy (non-hydrogen) atoms. The lowest BCUT2D eigenvalue weighted by molar-refractivity contribution is -0.127. The van der Waals surface area contributed by atoms with Gasteiger partial charge >= 0.3 is 0 Å². The summed E-state index contributed by atoms with van der Waals surface area (Å²) in [6, 6.07) is 8.02. The summed E-state index contributed by atoms with van der Waals surface area (Å²) in [6.45, 7) is 2.39. The monoisotopic (exact) mass is 257 g/mol. The number of hydrogen-bond donors (Lipinski definition) is 1. The molecule has 1 aromatic carbocycles. The molecule has 1 fully saturated rings. The molecule has 1 saturated heterocycles. The van der Waals surface area contributed by atoms with E-state index in [1.54, 1.807) is 0 Å². The van der Waals surface area contributed by atoms with Crippen LogP contribution in [-0.4, -0.2) is 35.5 Å². The maximum Gasteiger partial charge on any atom is 0.161 e. The van der Waals surface area contributed by atoms with Crippen LogP contribution in [0.2, 0.25) is 0 Å². The molecule has 1 N–H and O–H groups in total. The van der Waals surface area contributed by atoms with Crippen LogP contribution in [0.3, 0.4) is 0 Å². The normalized spacial score (nSPS) is 17.1. The molecular formula is C16H19NO2. The first-order chi connectivity index (χ1) is 9.22. The summed E-state index contributed by atoms with van der Waals surface area (Å²) in [5.41, 5.74) is 2.14. The molecule has 0 atom stereocenters. The lowest BCUT2D eigenvalue weighted by Gasteiger charge is -2.31. The van der Waals surface area contributed by atoms with Gasteiger partial charge in [0.25, 0.3) is 0 Å². The highest BCUT2D eigenvalue weighted by atomic mass is 16.3. The Labute approximate surface area is 114 Å². The van der Waals surface area contributed by atoms with E-state index in [1.165, 1.54) is 5.56 Å². The van der Waals surface area contributed by atoms with Crippen molar-refractivity contribution >= 4 is 5.78 Å². The molecule has 3 heteroatoms. The van der Waals surface area contributed by atoms with Gasteiger partial charge in [-0.2, -0.15) is 0 Å². The predicted molar refractivity (Wildman–Crippen MR) is 74.5 cm³/mol. The standard InChI is InChI=1S/C16H19NO2/c1-2-13-3-5-14(6-4-13)11-17-9-7-15(8-10-17)16(19)12-18/h1,3-6,15,18H,7-12H2. The summed E-state index contributed by atoms with van der Waals surface area (Å²) in [7, 11) is 0. The van der Waals surface area contributed by atoms with Crippen molar-refractivity contribution in [1.29, 1.82) is 0 Å². The van der Waals surface area contributed by atoms with Gasteiger partial charge < -0.3 is 5.11 Å². The fraction of sp³-hybridized carbons (Fsp3) is 0.438. The third kappa shape index (κ3) is 3.66. The first kappa shape index (κ1) is 13.8. The maximum atomic E-state index is 11.4. The molecule has 0 saturated carbocycles. The molecule has 0 radical (unpaired) electrons. The predicted octanol–water partition coefficient (Wildman–Crippen LogP) is 1.44. The van der Waals surface area contributed by atoms with Gasteiger partial charge in [0.05, 0.1) is 0 Å². The molecule has 1 aliphatic rings. The Kier molecular flexibility index (Phi) is 4.73. The highest BCUT2D eigenvalue weighted by Gasteiger charge is 2.23. The van der Waals surface area contributed by atoms with E-state index in [-0.39, 0.29) is 18.3 Å². The van der Waals surface area contributed by atoms with E-state index in [0.29, 0.717) is 0 Å². The van der Waals surface area contributed by atoms with Crippen LogP contribution in [0.5, 0.6) is 0 Å². The highest BCUT2D eigenvalue weighted by Crippen LogP contribution is 2.19. The van der Waals surface area contributed by atoms with Crippen LogP contribution < -0.4 is 0 Å². The number of piperidine rings is 1. The fourth-order valence-corrected chi connectivity index (χ4v) is 2.51. The Balaban J connectivity index is 1.85. The number of terminal acetylenes is 1. The number of nitrogens with zero attached hydrogens (tertiary/aromatic N) is 1. The van der Waals surface area contributed by atoms with Crippen molar-refractivity contribution in [3.63, 3.8) is 0 Å². The van der Waals surface area contributed by atoms with Gasteiger partial charge in [0, 0.05) is 18.0 Å². The Hall–Kier alpha value is -1.63.